The van der Waals surface area contributed by atoms with Gasteiger partial charge in [0.25, 0.3) is 0 Å². The summed E-state index contributed by atoms with van der Waals surface area (Å²) in [5.74, 6) is 0. The van der Waals surface area contributed by atoms with Gasteiger partial charge in [0.15, 0.2) is 0 Å². The van der Waals surface area contributed by atoms with Gasteiger partial charge in [-0.25, -0.2) is 0 Å². The normalized spacial score (nSPS) is 12.2. The van der Waals surface area contributed by atoms with Crippen LogP contribution in [0.15, 0.2) is 43.0 Å². The third kappa shape index (κ3) is 8.13. The molecule has 1 rings (SSSR count). The number of hydrogen-bond acceptors (Lipinski definition) is 2. The summed E-state index contributed by atoms with van der Waals surface area (Å²) in [6.07, 6.45) is 7.66. The molecule has 112 valence electrons. The van der Waals surface area contributed by atoms with Crippen molar-refractivity contribution >= 4 is 0 Å². The maximum Gasteiger partial charge on any atom is 0.0816 e. The number of benzene rings is 1. The van der Waals surface area contributed by atoms with Gasteiger partial charge in [0.2, 0.25) is 0 Å². The molecule has 0 saturated carbocycles. The van der Waals surface area contributed by atoms with Crippen molar-refractivity contribution in [3.8, 4) is 0 Å². The average Bonchev–Trinajstić information content (AvgIpc) is 2.50. The number of hydrogen-bond donors (Lipinski definition) is 0. The highest BCUT2D eigenvalue weighted by atomic mass is 16.5. The van der Waals surface area contributed by atoms with Crippen molar-refractivity contribution in [3.63, 3.8) is 0 Å². The van der Waals surface area contributed by atoms with Gasteiger partial charge in [-0.3, -0.25) is 0 Å². The second-order valence-electron chi connectivity index (χ2n) is 5.07. The largest absolute Gasteiger partial charge is 0.379 e. The van der Waals surface area contributed by atoms with E-state index < -0.39 is 0 Å². The molecule has 0 bridgehead atoms. The molecule has 0 heterocycles. The summed E-state index contributed by atoms with van der Waals surface area (Å²) in [6.45, 7) is 8.16. The first kappa shape index (κ1) is 16.9. The molecule has 0 saturated heterocycles. The van der Waals surface area contributed by atoms with E-state index in [0.717, 1.165) is 25.9 Å². The van der Waals surface area contributed by atoms with Crippen LogP contribution in [-0.2, 0) is 16.1 Å². The first-order valence-electron chi connectivity index (χ1n) is 7.71. The highest BCUT2D eigenvalue weighted by molar-refractivity contribution is 5.13. The lowest BCUT2D eigenvalue weighted by molar-refractivity contribution is -0.0287. The van der Waals surface area contributed by atoms with Gasteiger partial charge in [0.05, 0.1) is 19.3 Å². The molecule has 2 nitrogen and oxygen atoms in total. The van der Waals surface area contributed by atoms with Crippen molar-refractivity contribution in [2.24, 2.45) is 0 Å². The fraction of sp³-hybridized carbons (Fsp3) is 0.556. The molecule has 0 N–H and O–H groups in total. The molecule has 0 aliphatic heterocycles. The first-order chi connectivity index (χ1) is 9.86. The Hall–Kier alpha value is -1.12. The van der Waals surface area contributed by atoms with Crippen LogP contribution < -0.4 is 0 Å². The third-order valence-corrected chi connectivity index (χ3v) is 3.22. The Morgan fingerprint density at radius 3 is 2.70 bits per heavy atom. The van der Waals surface area contributed by atoms with E-state index in [2.05, 4.69) is 25.6 Å². The van der Waals surface area contributed by atoms with Crippen molar-refractivity contribution in [3.05, 3.63) is 48.6 Å². The quantitative estimate of drug-likeness (QED) is 0.405. The molecule has 1 aromatic rings. The van der Waals surface area contributed by atoms with Crippen LogP contribution in [0.1, 0.15) is 44.6 Å². The summed E-state index contributed by atoms with van der Waals surface area (Å²) < 4.78 is 11.7. The number of unbranched alkanes of at least 4 members (excludes halogenated alkanes) is 2. The van der Waals surface area contributed by atoms with Crippen molar-refractivity contribution in [1.29, 1.82) is 0 Å². The predicted octanol–water partition coefficient (Wildman–Crippen LogP) is 4.74. The van der Waals surface area contributed by atoms with Crippen LogP contribution in [0, 0.1) is 0 Å². The Balaban J connectivity index is 2.25. The zero-order chi connectivity index (χ0) is 14.5. The molecule has 20 heavy (non-hydrogen) atoms. The van der Waals surface area contributed by atoms with E-state index >= 15 is 0 Å². The van der Waals surface area contributed by atoms with E-state index in [-0.39, 0.29) is 6.10 Å². The molecule has 1 atom stereocenters. The molecule has 0 aliphatic rings. The number of ether oxygens (including phenoxy) is 2. The topological polar surface area (TPSA) is 18.5 Å². The molecular weight excluding hydrogens is 248 g/mol. The Kier molecular flexibility index (Phi) is 9.89. The lowest BCUT2D eigenvalue weighted by Crippen LogP contribution is -2.20. The summed E-state index contributed by atoms with van der Waals surface area (Å²) >= 11 is 0. The van der Waals surface area contributed by atoms with Crippen LogP contribution in [0.3, 0.4) is 0 Å². The SMILES string of the molecule is C=CCCC(COCCCCC)OCc1ccccc1. The minimum absolute atomic E-state index is 0.162. The van der Waals surface area contributed by atoms with Gasteiger partial charge in [-0.05, 0) is 24.8 Å². The van der Waals surface area contributed by atoms with Crippen LogP contribution in [0.2, 0.25) is 0 Å². The molecule has 0 aromatic heterocycles. The fourth-order valence-corrected chi connectivity index (χ4v) is 1.98. The van der Waals surface area contributed by atoms with Crippen molar-refractivity contribution in [1.82, 2.24) is 0 Å². The molecule has 0 radical (unpaired) electrons. The minimum atomic E-state index is 0.162. The van der Waals surface area contributed by atoms with Gasteiger partial charge >= 0.3 is 0 Å². The summed E-state index contributed by atoms with van der Waals surface area (Å²) in [5, 5.41) is 0. The van der Waals surface area contributed by atoms with Crippen LogP contribution in [0.4, 0.5) is 0 Å². The maximum absolute atomic E-state index is 5.96. The van der Waals surface area contributed by atoms with E-state index in [0.29, 0.717) is 13.2 Å². The van der Waals surface area contributed by atoms with Crippen molar-refractivity contribution in [2.75, 3.05) is 13.2 Å². The lowest BCUT2D eigenvalue weighted by Gasteiger charge is -2.17. The minimum Gasteiger partial charge on any atom is -0.379 e. The van der Waals surface area contributed by atoms with Gasteiger partial charge in [0.1, 0.15) is 0 Å². The first-order valence-corrected chi connectivity index (χ1v) is 7.71. The third-order valence-electron chi connectivity index (χ3n) is 3.22. The van der Waals surface area contributed by atoms with E-state index in [1.807, 2.05) is 24.3 Å². The molecule has 2 heteroatoms. The standard InChI is InChI=1S/C18H28O2/c1-3-5-10-14-19-16-18(13-6-4-2)20-15-17-11-8-7-9-12-17/h4,7-9,11-12,18H,2-3,5-6,10,13-16H2,1H3. The molecule has 0 spiro atoms. The summed E-state index contributed by atoms with van der Waals surface area (Å²) in [4.78, 5) is 0. The second-order valence-corrected chi connectivity index (χ2v) is 5.07. The smallest absolute Gasteiger partial charge is 0.0816 e. The van der Waals surface area contributed by atoms with E-state index in [9.17, 15) is 0 Å². The predicted molar refractivity (Wildman–Crippen MR) is 84.8 cm³/mol. The molecule has 0 aliphatic carbocycles. The summed E-state index contributed by atoms with van der Waals surface area (Å²) in [7, 11) is 0. The Labute approximate surface area is 123 Å². The van der Waals surface area contributed by atoms with E-state index in [1.165, 1.54) is 18.4 Å². The van der Waals surface area contributed by atoms with Crippen molar-refractivity contribution in [2.45, 2.75) is 51.7 Å². The lowest BCUT2D eigenvalue weighted by atomic mass is 10.2. The molecular formula is C18H28O2. The van der Waals surface area contributed by atoms with E-state index in [1.54, 1.807) is 0 Å². The zero-order valence-electron chi connectivity index (χ0n) is 12.7. The highest BCUT2D eigenvalue weighted by Gasteiger charge is 2.09. The second kappa shape index (κ2) is 11.7. The molecule has 1 unspecified atom stereocenters. The maximum atomic E-state index is 5.96. The molecule has 1 aromatic carbocycles. The number of rotatable bonds is 12. The summed E-state index contributed by atoms with van der Waals surface area (Å²) in [6, 6.07) is 10.3. The fourth-order valence-electron chi connectivity index (χ4n) is 1.98. The Morgan fingerprint density at radius 1 is 1.20 bits per heavy atom. The monoisotopic (exact) mass is 276 g/mol. The number of allylic oxidation sites excluding steroid dienone is 1. The van der Waals surface area contributed by atoms with E-state index in [4.69, 9.17) is 9.47 Å². The van der Waals surface area contributed by atoms with Gasteiger partial charge in [-0.2, -0.15) is 0 Å². The van der Waals surface area contributed by atoms with Crippen molar-refractivity contribution < 1.29 is 9.47 Å². The molecule has 0 amide bonds. The van der Waals surface area contributed by atoms with Gasteiger partial charge < -0.3 is 9.47 Å². The molecule has 0 fully saturated rings. The summed E-state index contributed by atoms with van der Waals surface area (Å²) in [5.41, 5.74) is 1.21. The van der Waals surface area contributed by atoms with Crippen LogP contribution in [0.25, 0.3) is 0 Å². The Bertz CT molecular complexity index is 335. The van der Waals surface area contributed by atoms with Crippen LogP contribution >= 0.6 is 0 Å². The van der Waals surface area contributed by atoms with Gasteiger partial charge in [0, 0.05) is 6.61 Å². The van der Waals surface area contributed by atoms with Gasteiger partial charge in [-0.1, -0.05) is 56.2 Å². The van der Waals surface area contributed by atoms with Crippen LogP contribution in [-0.4, -0.2) is 19.3 Å². The van der Waals surface area contributed by atoms with Gasteiger partial charge in [-0.15, -0.1) is 6.58 Å². The van der Waals surface area contributed by atoms with Crippen LogP contribution in [0.5, 0.6) is 0 Å². The average molecular weight is 276 g/mol. The highest BCUT2D eigenvalue weighted by Crippen LogP contribution is 2.09. The Morgan fingerprint density at radius 2 is 2.00 bits per heavy atom. The zero-order valence-corrected chi connectivity index (χ0v) is 12.7.